The molecule has 0 spiro atoms. The monoisotopic (exact) mass is 394 g/mol. The van der Waals surface area contributed by atoms with Gasteiger partial charge in [0.05, 0.1) is 12.2 Å². The van der Waals surface area contributed by atoms with Gasteiger partial charge in [-0.1, -0.05) is 30.3 Å². The summed E-state index contributed by atoms with van der Waals surface area (Å²) in [6.45, 7) is 4.14. The molecule has 1 amide bonds. The number of amides is 1. The van der Waals surface area contributed by atoms with Gasteiger partial charge in [0, 0.05) is 43.2 Å². The van der Waals surface area contributed by atoms with E-state index in [9.17, 15) is 4.79 Å². The number of aromatic nitrogens is 3. The molecule has 0 aliphatic carbocycles. The van der Waals surface area contributed by atoms with Crippen molar-refractivity contribution in [1.29, 1.82) is 0 Å². The van der Waals surface area contributed by atoms with Crippen molar-refractivity contribution in [2.75, 3.05) is 38.1 Å². The average Bonchev–Trinajstić information content (AvgIpc) is 3.22. The van der Waals surface area contributed by atoms with E-state index in [0.717, 1.165) is 48.3 Å². The van der Waals surface area contributed by atoms with Crippen LogP contribution in [0, 0.1) is 0 Å². The van der Waals surface area contributed by atoms with Gasteiger partial charge in [-0.15, -0.1) is 11.3 Å². The van der Waals surface area contributed by atoms with Crippen molar-refractivity contribution in [1.82, 2.24) is 25.2 Å². The van der Waals surface area contributed by atoms with Crippen LogP contribution in [0.1, 0.15) is 16.2 Å². The van der Waals surface area contributed by atoms with E-state index in [2.05, 4.69) is 37.1 Å². The highest BCUT2D eigenvalue weighted by Gasteiger charge is 2.17. The third-order valence-corrected chi connectivity index (χ3v) is 5.66. The average molecular weight is 395 g/mol. The topological polar surface area (TPSA) is 74.2 Å². The first-order valence-electron chi connectivity index (χ1n) is 9.22. The summed E-state index contributed by atoms with van der Waals surface area (Å²) in [7, 11) is 2.11. The number of benzene rings is 1. The molecule has 0 atom stereocenters. The molecule has 4 rings (SSSR count). The van der Waals surface area contributed by atoms with E-state index in [-0.39, 0.29) is 5.91 Å². The number of anilines is 1. The van der Waals surface area contributed by atoms with Crippen molar-refractivity contribution in [2.24, 2.45) is 0 Å². The molecule has 8 heteroatoms. The molecule has 1 saturated heterocycles. The second kappa shape index (κ2) is 8.45. The number of carbonyl (C=O) groups is 1. The van der Waals surface area contributed by atoms with Crippen molar-refractivity contribution < 1.29 is 4.79 Å². The highest BCUT2D eigenvalue weighted by molar-refractivity contribution is 7.13. The predicted octanol–water partition coefficient (Wildman–Crippen LogP) is 2.28. The molecule has 0 saturated carbocycles. The number of hydrogen-bond acceptors (Lipinski definition) is 7. The molecule has 1 N–H and O–H groups in total. The van der Waals surface area contributed by atoms with Gasteiger partial charge in [0.15, 0.2) is 0 Å². The van der Waals surface area contributed by atoms with Crippen LogP contribution in [0.2, 0.25) is 0 Å². The van der Waals surface area contributed by atoms with Crippen LogP contribution in [-0.2, 0) is 6.54 Å². The number of carbonyl (C=O) groups excluding carboxylic acids is 1. The van der Waals surface area contributed by atoms with Crippen LogP contribution in [0.15, 0.2) is 48.1 Å². The van der Waals surface area contributed by atoms with E-state index >= 15 is 0 Å². The summed E-state index contributed by atoms with van der Waals surface area (Å²) < 4.78 is 0. The lowest BCUT2D eigenvalue weighted by molar-refractivity contribution is 0.0945. The molecule has 3 heterocycles. The van der Waals surface area contributed by atoms with E-state index in [0.29, 0.717) is 12.2 Å². The molecular weight excluding hydrogens is 372 g/mol. The molecule has 3 aromatic rings. The summed E-state index contributed by atoms with van der Waals surface area (Å²) in [6.07, 6.45) is 1.46. The molecule has 7 nitrogen and oxygen atoms in total. The molecule has 1 aliphatic rings. The van der Waals surface area contributed by atoms with Gasteiger partial charge in [-0.05, 0) is 7.05 Å². The lowest BCUT2D eigenvalue weighted by Crippen LogP contribution is -2.44. The van der Waals surface area contributed by atoms with Crippen LogP contribution in [0.25, 0.3) is 10.6 Å². The Morgan fingerprint density at radius 3 is 2.71 bits per heavy atom. The minimum Gasteiger partial charge on any atom is -0.354 e. The van der Waals surface area contributed by atoms with Gasteiger partial charge in [-0.2, -0.15) is 0 Å². The minimum atomic E-state index is -0.216. The lowest BCUT2D eigenvalue weighted by atomic mass is 10.2. The Hall–Kier alpha value is -2.84. The molecule has 2 aromatic heterocycles. The van der Waals surface area contributed by atoms with Crippen LogP contribution < -0.4 is 10.2 Å². The number of thiazole rings is 1. The van der Waals surface area contributed by atoms with Crippen LogP contribution in [0.5, 0.6) is 0 Å². The summed E-state index contributed by atoms with van der Waals surface area (Å²) in [5.74, 6) is 0.584. The fourth-order valence-electron chi connectivity index (χ4n) is 3.04. The number of rotatable bonds is 5. The van der Waals surface area contributed by atoms with Gasteiger partial charge in [0.1, 0.15) is 22.8 Å². The largest absolute Gasteiger partial charge is 0.354 e. The molecular formula is C20H22N6OS. The van der Waals surface area contributed by atoms with Gasteiger partial charge < -0.3 is 15.1 Å². The number of likely N-dealkylation sites (N-methyl/N-ethyl adjacent to an activating group) is 1. The third-order valence-electron chi connectivity index (χ3n) is 4.72. The Morgan fingerprint density at radius 1 is 1.14 bits per heavy atom. The molecule has 0 unspecified atom stereocenters. The van der Waals surface area contributed by atoms with Crippen LogP contribution in [0.4, 0.5) is 5.82 Å². The normalized spacial score (nSPS) is 14.8. The Bertz CT molecular complexity index is 937. The number of nitrogens with zero attached hydrogens (tertiary/aromatic N) is 5. The Balaban J connectivity index is 1.38. The van der Waals surface area contributed by atoms with Crippen LogP contribution in [0.3, 0.4) is 0 Å². The summed E-state index contributed by atoms with van der Waals surface area (Å²) in [4.78, 5) is 30.1. The molecule has 1 aliphatic heterocycles. The van der Waals surface area contributed by atoms with Gasteiger partial charge >= 0.3 is 0 Å². The molecule has 0 bridgehead atoms. The van der Waals surface area contributed by atoms with E-state index in [4.69, 9.17) is 0 Å². The van der Waals surface area contributed by atoms with Crippen molar-refractivity contribution in [3.63, 3.8) is 0 Å². The second-order valence-electron chi connectivity index (χ2n) is 6.74. The number of nitrogens with one attached hydrogen (secondary N) is 1. The van der Waals surface area contributed by atoms with Gasteiger partial charge in [0.2, 0.25) is 0 Å². The van der Waals surface area contributed by atoms with Crippen molar-refractivity contribution in [2.45, 2.75) is 6.54 Å². The van der Waals surface area contributed by atoms with Gasteiger partial charge in [0.25, 0.3) is 5.91 Å². The van der Waals surface area contributed by atoms with Gasteiger partial charge in [-0.25, -0.2) is 15.0 Å². The van der Waals surface area contributed by atoms with E-state index in [1.165, 1.54) is 6.33 Å². The van der Waals surface area contributed by atoms with Crippen LogP contribution >= 0.6 is 11.3 Å². The SMILES string of the molecule is CN1CCN(c2cc(C(=O)NCc3csc(-c4ccccc4)n3)ncn2)CC1. The maximum absolute atomic E-state index is 12.5. The van der Waals surface area contributed by atoms with Crippen LogP contribution in [-0.4, -0.2) is 59.0 Å². The minimum absolute atomic E-state index is 0.216. The van der Waals surface area contributed by atoms with E-state index < -0.39 is 0 Å². The lowest BCUT2D eigenvalue weighted by Gasteiger charge is -2.33. The summed E-state index contributed by atoms with van der Waals surface area (Å²) >= 11 is 1.57. The fourth-order valence-corrected chi connectivity index (χ4v) is 3.87. The van der Waals surface area contributed by atoms with Crippen molar-refractivity contribution >= 4 is 23.1 Å². The van der Waals surface area contributed by atoms with E-state index in [1.807, 2.05) is 35.7 Å². The third kappa shape index (κ3) is 4.35. The Kier molecular flexibility index (Phi) is 5.59. The molecule has 28 heavy (non-hydrogen) atoms. The zero-order chi connectivity index (χ0) is 19.3. The van der Waals surface area contributed by atoms with E-state index in [1.54, 1.807) is 17.4 Å². The first-order valence-corrected chi connectivity index (χ1v) is 10.1. The summed E-state index contributed by atoms with van der Waals surface area (Å²) in [5.41, 5.74) is 2.30. The maximum atomic E-state index is 12.5. The number of hydrogen-bond donors (Lipinski definition) is 1. The molecule has 0 radical (unpaired) electrons. The quantitative estimate of drug-likeness (QED) is 0.716. The highest BCUT2D eigenvalue weighted by Crippen LogP contribution is 2.23. The summed E-state index contributed by atoms with van der Waals surface area (Å²) in [5, 5.41) is 5.82. The predicted molar refractivity (Wildman–Crippen MR) is 110 cm³/mol. The zero-order valence-electron chi connectivity index (χ0n) is 15.7. The van der Waals surface area contributed by atoms with Gasteiger partial charge in [-0.3, -0.25) is 4.79 Å². The zero-order valence-corrected chi connectivity index (χ0v) is 16.5. The second-order valence-corrected chi connectivity index (χ2v) is 7.60. The first-order chi connectivity index (χ1) is 13.7. The molecule has 144 valence electrons. The highest BCUT2D eigenvalue weighted by atomic mass is 32.1. The molecule has 1 fully saturated rings. The van der Waals surface area contributed by atoms with Crippen molar-refractivity contribution in [3.8, 4) is 10.6 Å². The molecule has 1 aromatic carbocycles. The fraction of sp³-hybridized carbons (Fsp3) is 0.300. The number of piperazine rings is 1. The first kappa shape index (κ1) is 18.5. The standard InChI is InChI=1S/C20H22N6OS/c1-25-7-9-26(10-8-25)18-11-17(22-14-23-18)19(27)21-12-16-13-28-20(24-16)15-5-3-2-4-6-15/h2-6,11,13-14H,7-10,12H2,1H3,(H,21,27). The summed E-state index contributed by atoms with van der Waals surface area (Å²) in [6, 6.07) is 11.8. The Labute approximate surface area is 168 Å². The van der Waals surface area contributed by atoms with Crippen molar-refractivity contribution in [3.05, 3.63) is 59.5 Å². The maximum Gasteiger partial charge on any atom is 0.270 e. The Morgan fingerprint density at radius 2 is 1.93 bits per heavy atom. The smallest absolute Gasteiger partial charge is 0.270 e.